The number of likely N-dealkylation sites (tertiary alicyclic amines) is 1. The summed E-state index contributed by atoms with van der Waals surface area (Å²) < 4.78 is 1.76. The van der Waals surface area contributed by atoms with Crippen LogP contribution in [-0.2, 0) is 4.79 Å². The Hall–Kier alpha value is -2.97. The molecular weight excluding hydrogens is 358 g/mol. The number of aliphatic hydroxyl groups excluding tert-OH is 1. The summed E-state index contributed by atoms with van der Waals surface area (Å²) in [5.74, 6) is -0.704. The van der Waals surface area contributed by atoms with Crippen LogP contribution >= 0.6 is 0 Å². The molecule has 0 aliphatic carbocycles. The van der Waals surface area contributed by atoms with E-state index >= 15 is 0 Å². The molecule has 8 heteroatoms. The lowest BCUT2D eigenvalue weighted by Gasteiger charge is -2.34. The summed E-state index contributed by atoms with van der Waals surface area (Å²) >= 11 is 0. The molecule has 0 spiro atoms. The number of aromatic nitrogens is 2. The van der Waals surface area contributed by atoms with E-state index in [1.165, 1.54) is 13.0 Å². The summed E-state index contributed by atoms with van der Waals surface area (Å²) in [6, 6.07) is 7.11. The van der Waals surface area contributed by atoms with Crippen molar-refractivity contribution < 1.29 is 14.7 Å². The number of primary amides is 1. The van der Waals surface area contributed by atoms with Gasteiger partial charge in [-0.15, -0.1) is 0 Å². The lowest BCUT2D eigenvalue weighted by atomic mass is 10.1. The normalized spacial score (nSPS) is 18.4. The molecule has 1 fully saturated rings. The molecule has 0 radical (unpaired) electrons. The first kappa shape index (κ1) is 19.8. The van der Waals surface area contributed by atoms with Crippen molar-refractivity contribution in [3.63, 3.8) is 0 Å². The number of carbonyl (C=O) groups excluding carboxylic acids is 2. The number of anilines is 1. The van der Waals surface area contributed by atoms with Gasteiger partial charge in [-0.25, -0.2) is 0 Å². The second-order valence-corrected chi connectivity index (χ2v) is 6.93. The molecule has 148 valence electrons. The van der Waals surface area contributed by atoms with E-state index in [0.717, 1.165) is 24.9 Å². The summed E-state index contributed by atoms with van der Waals surface area (Å²) in [5, 5.41) is 17.4. The molecule has 2 amide bonds. The van der Waals surface area contributed by atoms with E-state index in [1.54, 1.807) is 35.1 Å². The third-order valence-electron chi connectivity index (χ3n) is 4.86. The minimum absolute atomic E-state index is 0.0221. The molecule has 1 aromatic carbocycles. The summed E-state index contributed by atoms with van der Waals surface area (Å²) in [7, 11) is 0. The number of nitrogens with zero attached hydrogens (tertiary/aromatic N) is 3. The third-order valence-corrected chi connectivity index (χ3v) is 4.86. The Morgan fingerprint density at radius 3 is 2.71 bits per heavy atom. The van der Waals surface area contributed by atoms with Crippen molar-refractivity contribution in [2.75, 3.05) is 18.4 Å². The average Bonchev–Trinajstić information content (AvgIpc) is 3.13. The fourth-order valence-electron chi connectivity index (χ4n) is 3.48. The zero-order valence-electron chi connectivity index (χ0n) is 15.8. The van der Waals surface area contributed by atoms with Gasteiger partial charge in [0.2, 0.25) is 5.91 Å². The second kappa shape index (κ2) is 8.37. The SMILES string of the molecule is C=CC(O)N1CCC[C@@H](n2cc(C(N)=O)c(-c3ccc(NC(C)=O)cc3)n2)C1. The lowest BCUT2D eigenvalue weighted by molar-refractivity contribution is -0.114. The van der Waals surface area contributed by atoms with Gasteiger partial charge in [-0.05, 0) is 31.1 Å². The van der Waals surface area contributed by atoms with Gasteiger partial charge in [0.25, 0.3) is 5.91 Å². The number of nitrogens with two attached hydrogens (primary N) is 1. The van der Waals surface area contributed by atoms with Crippen LogP contribution in [0.2, 0.25) is 0 Å². The number of hydrogen-bond donors (Lipinski definition) is 3. The fraction of sp³-hybridized carbons (Fsp3) is 0.350. The zero-order valence-corrected chi connectivity index (χ0v) is 15.8. The molecule has 2 atom stereocenters. The van der Waals surface area contributed by atoms with E-state index in [-0.39, 0.29) is 11.9 Å². The van der Waals surface area contributed by atoms with Crippen molar-refractivity contribution in [1.29, 1.82) is 0 Å². The quantitative estimate of drug-likeness (QED) is 0.658. The van der Waals surface area contributed by atoms with Crippen molar-refractivity contribution >= 4 is 17.5 Å². The van der Waals surface area contributed by atoms with E-state index in [9.17, 15) is 14.7 Å². The Bertz CT molecular complexity index is 874. The van der Waals surface area contributed by atoms with Gasteiger partial charge in [-0.3, -0.25) is 19.2 Å². The number of nitrogens with one attached hydrogen (secondary N) is 1. The highest BCUT2D eigenvalue weighted by Gasteiger charge is 2.27. The Morgan fingerprint density at radius 1 is 1.39 bits per heavy atom. The minimum Gasteiger partial charge on any atom is -0.375 e. The lowest BCUT2D eigenvalue weighted by Crippen LogP contribution is -2.42. The topological polar surface area (TPSA) is 113 Å². The molecular formula is C20H25N5O3. The van der Waals surface area contributed by atoms with Crippen LogP contribution in [0.4, 0.5) is 5.69 Å². The van der Waals surface area contributed by atoms with E-state index in [2.05, 4.69) is 17.0 Å². The maximum absolute atomic E-state index is 12.0. The Kier molecular flexibility index (Phi) is 5.91. The van der Waals surface area contributed by atoms with Crippen LogP contribution in [0, 0.1) is 0 Å². The number of carbonyl (C=O) groups is 2. The van der Waals surface area contributed by atoms with Gasteiger partial charge in [0.1, 0.15) is 11.9 Å². The zero-order chi connectivity index (χ0) is 20.3. The number of rotatable bonds is 6. The molecule has 1 unspecified atom stereocenters. The maximum atomic E-state index is 12.0. The molecule has 2 aromatic rings. The summed E-state index contributed by atoms with van der Waals surface area (Å²) in [5.41, 5.74) is 7.82. The Labute approximate surface area is 163 Å². The first-order valence-electron chi connectivity index (χ1n) is 9.20. The number of piperidine rings is 1. The van der Waals surface area contributed by atoms with Crippen molar-refractivity contribution in [2.24, 2.45) is 5.73 Å². The molecule has 3 rings (SSSR count). The molecule has 1 aliphatic rings. The highest BCUT2D eigenvalue weighted by molar-refractivity contribution is 5.98. The van der Waals surface area contributed by atoms with Gasteiger partial charge in [-0.2, -0.15) is 5.10 Å². The molecule has 1 aliphatic heterocycles. The first-order chi connectivity index (χ1) is 13.4. The molecule has 0 saturated carbocycles. The average molecular weight is 383 g/mol. The molecule has 2 heterocycles. The summed E-state index contributed by atoms with van der Waals surface area (Å²) in [6.45, 7) is 6.47. The van der Waals surface area contributed by atoms with Gasteiger partial charge < -0.3 is 16.2 Å². The standard InChI is InChI=1S/C20H25N5O3/c1-3-18(27)24-10-4-5-16(11-24)25-12-17(20(21)28)19(23-25)14-6-8-15(9-7-14)22-13(2)26/h3,6-9,12,16,18,27H,1,4-5,10-11H2,2H3,(H2,21,28)(H,22,26)/t16-,18?/m1/s1. The third kappa shape index (κ3) is 4.29. The molecule has 1 aromatic heterocycles. The van der Waals surface area contributed by atoms with E-state index in [0.29, 0.717) is 23.5 Å². The predicted octanol–water partition coefficient (Wildman–Crippen LogP) is 1.75. The molecule has 0 bridgehead atoms. The van der Waals surface area contributed by atoms with Crippen LogP contribution in [-0.4, -0.2) is 50.9 Å². The Morgan fingerprint density at radius 2 is 2.11 bits per heavy atom. The second-order valence-electron chi connectivity index (χ2n) is 6.93. The van der Waals surface area contributed by atoms with Crippen molar-refractivity contribution in [2.45, 2.75) is 32.0 Å². The van der Waals surface area contributed by atoms with Gasteiger partial charge in [0.15, 0.2) is 0 Å². The smallest absolute Gasteiger partial charge is 0.252 e. The summed E-state index contributed by atoms with van der Waals surface area (Å²) in [6.07, 6.45) is 4.27. The van der Waals surface area contributed by atoms with Crippen molar-refractivity contribution in [3.8, 4) is 11.3 Å². The number of aliphatic hydroxyl groups is 1. The van der Waals surface area contributed by atoms with Crippen LogP contribution in [0.1, 0.15) is 36.2 Å². The van der Waals surface area contributed by atoms with Crippen LogP contribution in [0.15, 0.2) is 43.1 Å². The highest BCUT2D eigenvalue weighted by atomic mass is 16.3. The molecule has 4 N–H and O–H groups in total. The maximum Gasteiger partial charge on any atom is 0.252 e. The molecule has 8 nitrogen and oxygen atoms in total. The van der Waals surface area contributed by atoms with Crippen molar-refractivity contribution in [3.05, 3.63) is 48.7 Å². The number of benzene rings is 1. The van der Waals surface area contributed by atoms with Gasteiger partial charge in [-0.1, -0.05) is 18.7 Å². The number of amides is 2. The van der Waals surface area contributed by atoms with Crippen LogP contribution < -0.4 is 11.1 Å². The number of hydrogen-bond acceptors (Lipinski definition) is 5. The van der Waals surface area contributed by atoms with E-state index in [1.807, 2.05) is 4.90 Å². The van der Waals surface area contributed by atoms with Crippen LogP contribution in [0.3, 0.4) is 0 Å². The highest BCUT2D eigenvalue weighted by Crippen LogP contribution is 2.28. The molecule has 28 heavy (non-hydrogen) atoms. The van der Waals surface area contributed by atoms with Gasteiger partial charge in [0, 0.05) is 37.5 Å². The largest absolute Gasteiger partial charge is 0.375 e. The van der Waals surface area contributed by atoms with Gasteiger partial charge in [0.05, 0.1) is 11.6 Å². The predicted molar refractivity (Wildman–Crippen MR) is 107 cm³/mol. The fourth-order valence-corrected chi connectivity index (χ4v) is 3.48. The monoisotopic (exact) mass is 383 g/mol. The van der Waals surface area contributed by atoms with Crippen LogP contribution in [0.25, 0.3) is 11.3 Å². The van der Waals surface area contributed by atoms with Gasteiger partial charge >= 0.3 is 0 Å². The van der Waals surface area contributed by atoms with Crippen molar-refractivity contribution in [1.82, 2.24) is 14.7 Å². The Balaban J connectivity index is 1.88. The molecule has 1 saturated heterocycles. The van der Waals surface area contributed by atoms with Crippen LogP contribution in [0.5, 0.6) is 0 Å². The first-order valence-corrected chi connectivity index (χ1v) is 9.20. The van der Waals surface area contributed by atoms with E-state index < -0.39 is 12.1 Å². The van der Waals surface area contributed by atoms with E-state index in [4.69, 9.17) is 5.73 Å². The minimum atomic E-state index is -0.699. The summed E-state index contributed by atoms with van der Waals surface area (Å²) in [4.78, 5) is 25.1.